The Bertz CT molecular complexity index is 603. The molecule has 0 spiro atoms. The van der Waals surface area contributed by atoms with Crippen LogP contribution in [0.4, 0.5) is 0 Å². The van der Waals surface area contributed by atoms with Crippen LogP contribution in [0.3, 0.4) is 0 Å². The zero-order chi connectivity index (χ0) is 18.2. The lowest BCUT2D eigenvalue weighted by Gasteiger charge is -2.21. The second-order valence-electron chi connectivity index (χ2n) is 6.35. The van der Waals surface area contributed by atoms with E-state index >= 15 is 0 Å². The van der Waals surface area contributed by atoms with E-state index in [1.165, 1.54) is 5.56 Å². The number of nitrogens with zero attached hydrogens (tertiary/aromatic N) is 2. The number of rotatable bonds is 6. The fraction of sp³-hybridized carbons (Fsp3) is 0.579. The number of ether oxygens (including phenoxy) is 2. The first-order chi connectivity index (χ1) is 12.0. The molecule has 1 aromatic rings. The molecule has 0 atom stereocenters. The average Bonchev–Trinajstić information content (AvgIpc) is 2.81. The van der Waals surface area contributed by atoms with Gasteiger partial charge in [-0.2, -0.15) is 0 Å². The van der Waals surface area contributed by atoms with Gasteiger partial charge in [-0.25, -0.2) is 0 Å². The molecule has 1 amide bonds. The molecule has 0 N–H and O–H groups in total. The predicted octanol–water partition coefficient (Wildman–Crippen LogP) is 1.78. The minimum atomic E-state index is -0.208. The summed E-state index contributed by atoms with van der Waals surface area (Å²) in [6.45, 7) is 9.36. The third-order valence-corrected chi connectivity index (χ3v) is 4.44. The summed E-state index contributed by atoms with van der Waals surface area (Å²) >= 11 is 0. The highest BCUT2D eigenvalue weighted by molar-refractivity contribution is 5.78. The summed E-state index contributed by atoms with van der Waals surface area (Å²) in [5.41, 5.74) is 2.35. The van der Waals surface area contributed by atoms with Crippen molar-refractivity contribution in [3.05, 3.63) is 29.3 Å². The summed E-state index contributed by atoms with van der Waals surface area (Å²) in [7, 11) is 0. The van der Waals surface area contributed by atoms with E-state index in [1.54, 1.807) is 6.92 Å². The fourth-order valence-electron chi connectivity index (χ4n) is 2.81. The molecule has 6 nitrogen and oxygen atoms in total. The number of amides is 1. The third-order valence-electron chi connectivity index (χ3n) is 4.44. The molecule has 1 aliphatic heterocycles. The Balaban J connectivity index is 1.80. The van der Waals surface area contributed by atoms with Gasteiger partial charge in [-0.05, 0) is 50.5 Å². The van der Waals surface area contributed by atoms with Crippen molar-refractivity contribution in [2.24, 2.45) is 0 Å². The van der Waals surface area contributed by atoms with Gasteiger partial charge in [0.05, 0.1) is 13.2 Å². The molecular formula is C19H28N2O4. The van der Waals surface area contributed by atoms with E-state index in [0.717, 1.165) is 24.3 Å². The van der Waals surface area contributed by atoms with Crippen molar-refractivity contribution in [2.75, 3.05) is 45.9 Å². The number of esters is 1. The number of carbonyl (C=O) groups is 2. The van der Waals surface area contributed by atoms with Crippen LogP contribution in [-0.4, -0.2) is 67.6 Å². The number of hydrogen-bond donors (Lipinski definition) is 0. The third kappa shape index (κ3) is 6.05. The molecule has 1 aliphatic rings. The highest BCUT2D eigenvalue weighted by Crippen LogP contribution is 2.16. The summed E-state index contributed by atoms with van der Waals surface area (Å²) in [6.07, 6.45) is 0.842. The molecule has 138 valence electrons. The van der Waals surface area contributed by atoms with E-state index in [-0.39, 0.29) is 25.0 Å². The second-order valence-corrected chi connectivity index (χ2v) is 6.35. The lowest BCUT2D eigenvalue weighted by atomic mass is 10.1. The Labute approximate surface area is 149 Å². The predicted molar refractivity (Wildman–Crippen MR) is 95.7 cm³/mol. The van der Waals surface area contributed by atoms with E-state index in [4.69, 9.17) is 9.47 Å². The molecule has 1 fully saturated rings. The molecule has 0 aromatic heterocycles. The molecule has 1 heterocycles. The van der Waals surface area contributed by atoms with E-state index in [1.807, 2.05) is 41.8 Å². The van der Waals surface area contributed by atoms with Gasteiger partial charge < -0.3 is 14.4 Å². The van der Waals surface area contributed by atoms with Gasteiger partial charge in [-0.1, -0.05) is 6.07 Å². The standard InChI is InChI=1S/C19H28N2O4/c1-4-24-19(23)13-20-8-5-9-21(11-10-20)18(22)14-25-17-7-6-15(2)16(3)12-17/h6-7,12H,4-5,8-11,13-14H2,1-3H3. The van der Waals surface area contributed by atoms with Crippen LogP contribution in [0.2, 0.25) is 0 Å². The summed E-state index contributed by atoms with van der Waals surface area (Å²) in [6, 6.07) is 5.83. The topological polar surface area (TPSA) is 59.1 Å². The zero-order valence-electron chi connectivity index (χ0n) is 15.4. The first-order valence-corrected chi connectivity index (χ1v) is 8.85. The van der Waals surface area contributed by atoms with Gasteiger partial charge >= 0.3 is 5.97 Å². The minimum absolute atomic E-state index is 0.0174. The summed E-state index contributed by atoms with van der Waals surface area (Å²) in [5, 5.41) is 0. The highest BCUT2D eigenvalue weighted by Gasteiger charge is 2.21. The lowest BCUT2D eigenvalue weighted by molar-refractivity contribution is -0.144. The van der Waals surface area contributed by atoms with Crippen LogP contribution < -0.4 is 4.74 Å². The lowest BCUT2D eigenvalue weighted by Crippen LogP contribution is -2.39. The van der Waals surface area contributed by atoms with Crippen LogP contribution in [0.1, 0.15) is 24.5 Å². The molecule has 6 heteroatoms. The maximum Gasteiger partial charge on any atom is 0.320 e. The summed E-state index contributed by atoms with van der Waals surface area (Å²) in [5.74, 6) is 0.492. The minimum Gasteiger partial charge on any atom is -0.484 e. The average molecular weight is 348 g/mol. The van der Waals surface area contributed by atoms with Crippen molar-refractivity contribution in [2.45, 2.75) is 27.2 Å². The van der Waals surface area contributed by atoms with E-state index < -0.39 is 0 Å². The normalized spacial score (nSPS) is 15.6. The molecule has 2 rings (SSSR count). The maximum atomic E-state index is 12.4. The van der Waals surface area contributed by atoms with Gasteiger partial charge in [0, 0.05) is 26.2 Å². The maximum absolute atomic E-state index is 12.4. The van der Waals surface area contributed by atoms with Gasteiger partial charge in [0.1, 0.15) is 5.75 Å². The number of aryl methyl sites for hydroxylation is 2. The highest BCUT2D eigenvalue weighted by atomic mass is 16.5. The number of carbonyl (C=O) groups excluding carboxylic acids is 2. The van der Waals surface area contributed by atoms with E-state index in [2.05, 4.69) is 0 Å². The molecule has 0 unspecified atom stereocenters. The van der Waals surface area contributed by atoms with Gasteiger partial charge in [0.25, 0.3) is 5.91 Å². The van der Waals surface area contributed by atoms with Crippen LogP contribution in [-0.2, 0) is 14.3 Å². The van der Waals surface area contributed by atoms with Crippen molar-refractivity contribution in [3.8, 4) is 5.75 Å². The van der Waals surface area contributed by atoms with Crippen molar-refractivity contribution in [3.63, 3.8) is 0 Å². The van der Waals surface area contributed by atoms with Crippen molar-refractivity contribution in [1.82, 2.24) is 9.80 Å². The Morgan fingerprint density at radius 3 is 2.60 bits per heavy atom. The fourth-order valence-corrected chi connectivity index (χ4v) is 2.81. The van der Waals surface area contributed by atoms with Crippen LogP contribution in [0.25, 0.3) is 0 Å². The molecule has 1 saturated heterocycles. The molecule has 0 aliphatic carbocycles. The number of benzene rings is 1. The van der Waals surface area contributed by atoms with Crippen LogP contribution in [0, 0.1) is 13.8 Å². The smallest absolute Gasteiger partial charge is 0.320 e. The first-order valence-electron chi connectivity index (χ1n) is 8.85. The Kier molecular flexibility index (Phi) is 7.25. The van der Waals surface area contributed by atoms with Gasteiger partial charge in [0.2, 0.25) is 0 Å². The SMILES string of the molecule is CCOC(=O)CN1CCCN(C(=O)COc2ccc(C)c(C)c2)CC1. The quantitative estimate of drug-likeness (QED) is 0.734. The molecular weight excluding hydrogens is 320 g/mol. The summed E-state index contributed by atoms with van der Waals surface area (Å²) < 4.78 is 10.6. The molecule has 0 radical (unpaired) electrons. The zero-order valence-corrected chi connectivity index (χ0v) is 15.4. The second kappa shape index (κ2) is 9.42. The first kappa shape index (κ1) is 19.2. The number of hydrogen-bond acceptors (Lipinski definition) is 5. The Hall–Kier alpha value is -2.08. The van der Waals surface area contributed by atoms with Gasteiger partial charge in [-0.15, -0.1) is 0 Å². The van der Waals surface area contributed by atoms with Crippen LogP contribution >= 0.6 is 0 Å². The van der Waals surface area contributed by atoms with Crippen LogP contribution in [0.5, 0.6) is 5.75 Å². The molecule has 1 aromatic carbocycles. The van der Waals surface area contributed by atoms with Gasteiger partial charge in [0.15, 0.2) is 6.61 Å². The van der Waals surface area contributed by atoms with Gasteiger partial charge in [-0.3, -0.25) is 14.5 Å². The summed E-state index contributed by atoms with van der Waals surface area (Å²) in [4.78, 5) is 27.8. The molecule has 25 heavy (non-hydrogen) atoms. The monoisotopic (exact) mass is 348 g/mol. The van der Waals surface area contributed by atoms with Crippen molar-refractivity contribution in [1.29, 1.82) is 0 Å². The largest absolute Gasteiger partial charge is 0.484 e. The molecule has 0 bridgehead atoms. The van der Waals surface area contributed by atoms with Crippen molar-refractivity contribution >= 4 is 11.9 Å². The Morgan fingerprint density at radius 2 is 1.88 bits per heavy atom. The van der Waals surface area contributed by atoms with Crippen molar-refractivity contribution < 1.29 is 19.1 Å². The van der Waals surface area contributed by atoms with E-state index in [0.29, 0.717) is 26.2 Å². The van der Waals surface area contributed by atoms with E-state index in [9.17, 15) is 9.59 Å². The Morgan fingerprint density at radius 1 is 1.08 bits per heavy atom. The van der Waals surface area contributed by atoms with Crippen LogP contribution in [0.15, 0.2) is 18.2 Å². The molecule has 0 saturated carbocycles.